The number of nitrogens with one attached hydrogen (secondary N) is 1. The summed E-state index contributed by atoms with van der Waals surface area (Å²) in [6, 6.07) is 12.1. The molecule has 0 spiro atoms. The minimum absolute atomic E-state index is 0.582. The quantitative estimate of drug-likeness (QED) is 0.795. The number of H-pyrrole nitrogens is 1. The lowest BCUT2D eigenvalue weighted by Gasteiger charge is -2.30. The van der Waals surface area contributed by atoms with E-state index in [9.17, 15) is 0 Å². The summed E-state index contributed by atoms with van der Waals surface area (Å²) in [5.74, 6) is 1.47. The van der Waals surface area contributed by atoms with Crippen LogP contribution in [0.2, 0.25) is 0 Å². The number of aromatic amines is 1. The van der Waals surface area contributed by atoms with Crippen LogP contribution in [0.25, 0.3) is 5.69 Å². The zero-order valence-corrected chi connectivity index (χ0v) is 12.8. The van der Waals surface area contributed by atoms with Gasteiger partial charge in [-0.1, -0.05) is 18.2 Å². The molecule has 0 atom stereocenters. The van der Waals surface area contributed by atoms with E-state index >= 15 is 0 Å². The number of benzene rings is 1. The van der Waals surface area contributed by atoms with Crippen LogP contribution in [0, 0.1) is 0 Å². The van der Waals surface area contributed by atoms with Crippen molar-refractivity contribution in [1.29, 1.82) is 0 Å². The molecule has 7 heteroatoms. The molecule has 3 aromatic rings. The van der Waals surface area contributed by atoms with Crippen molar-refractivity contribution in [2.45, 2.75) is 25.3 Å². The molecule has 0 amide bonds. The Morgan fingerprint density at radius 3 is 2.65 bits per heavy atom. The highest BCUT2D eigenvalue weighted by molar-refractivity contribution is 5.30. The minimum Gasteiger partial charge on any atom is -0.296 e. The van der Waals surface area contributed by atoms with Crippen LogP contribution in [0.15, 0.2) is 42.6 Å². The predicted octanol–water partition coefficient (Wildman–Crippen LogP) is 1.76. The molecule has 0 bridgehead atoms. The molecule has 118 valence electrons. The molecule has 2 aromatic heterocycles. The fraction of sp³-hybridized carbons (Fsp3) is 0.375. The average molecular weight is 309 g/mol. The van der Waals surface area contributed by atoms with Crippen LogP contribution in [0.3, 0.4) is 0 Å². The summed E-state index contributed by atoms with van der Waals surface area (Å²) in [5.41, 5.74) is 2.25. The van der Waals surface area contributed by atoms with Crippen LogP contribution in [0.1, 0.15) is 30.3 Å². The van der Waals surface area contributed by atoms with E-state index in [4.69, 9.17) is 0 Å². The van der Waals surface area contributed by atoms with Crippen molar-refractivity contribution < 1.29 is 0 Å². The van der Waals surface area contributed by atoms with Gasteiger partial charge in [-0.15, -0.1) is 5.10 Å². The second-order valence-electron chi connectivity index (χ2n) is 5.90. The summed E-state index contributed by atoms with van der Waals surface area (Å²) in [5, 5.41) is 19.3. The Morgan fingerprint density at radius 1 is 1.09 bits per heavy atom. The van der Waals surface area contributed by atoms with E-state index in [0.29, 0.717) is 5.92 Å². The van der Waals surface area contributed by atoms with Gasteiger partial charge in [0.1, 0.15) is 0 Å². The van der Waals surface area contributed by atoms with Gasteiger partial charge in [0, 0.05) is 17.8 Å². The van der Waals surface area contributed by atoms with Gasteiger partial charge < -0.3 is 0 Å². The maximum atomic E-state index is 4.20. The fourth-order valence-electron chi connectivity index (χ4n) is 3.17. The number of tetrazole rings is 1. The Bertz CT molecular complexity index is 727. The second-order valence-corrected chi connectivity index (χ2v) is 5.90. The molecule has 23 heavy (non-hydrogen) atoms. The zero-order chi connectivity index (χ0) is 15.5. The maximum absolute atomic E-state index is 4.20. The van der Waals surface area contributed by atoms with Crippen molar-refractivity contribution in [2.75, 3.05) is 13.1 Å². The van der Waals surface area contributed by atoms with Crippen molar-refractivity contribution in [2.24, 2.45) is 0 Å². The van der Waals surface area contributed by atoms with Gasteiger partial charge >= 0.3 is 0 Å². The lowest BCUT2D eigenvalue weighted by molar-refractivity contribution is 0.197. The third-order valence-electron chi connectivity index (χ3n) is 4.45. The lowest BCUT2D eigenvalue weighted by atomic mass is 9.94. The molecule has 1 aliphatic heterocycles. The number of hydrogen-bond acceptors (Lipinski definition) is 5. The van der Waals surface area contributed by atoms with Crippen LogP contribution < -0.4 is 0 Å². The molecule has 1 aromatic carbocycles. The smallest absolute Gasteiger partial charge is 0.170 e. The van der Waals surface area contributed by atoms with Crippen LogP contribution in [0.5, 0.6) is 0 Å². The Hall–Kier alpha value is -2.54. The summed E-state index contributed by atoms with van der Waals surface area (Å²) in [7, 11) is 0. The first kappa shape index (κ1) is 14.1. The van der Waals surface area contributed by atoms with Crippen LogP contribution in [0.4, 0.5) is 0 Å². The van der Waals surface area contributed by atoms with Crippen LogP contribution in [-0.4, -0.2) is 48.4 Å². The largest absolute Gasteiger partial charge is 0.296 e. The Balaban J connectivity index is 1.42. The van der Waals surface area contributed by atoms with Gasteiger partial charge in [-0.3, -0.25) is 10.00 Å². The number of aromatic nitrogens is 6. The van der Waals surface area contributed by atoms with Gasteiger partial charge in [0.15, 0.2) is 5.82 Å². The molecule has 4 rings (SSSR count). The molecule has 0 unspecified atom stereocenters. The molecule has 0 aliphatic carbocycles. The number of para-hydroxylation sites is 1. The fourth-order valence-corrected chi connectivity index (χ4v) is 3.17. The Labute approximate surface area is 134 Å². The standard InChI is InChI=1S/C16H19N7/c1-2-4-14(5-3-1)23-16(19-20-21-23)12-22-10-7-13(8-11-22)15-6-9-17-18-15/h1-6,9,13H,7-8,10-12H2,(H,17,18). The van der Waals surface area contributed by atoms with E-state index < -0.39 is 0 Å². The number of rotatable bonds is 4. The highest BCUT2D eigenvalue weighted by atomic mass is 15.5. The minimum atomic E-state index is 0.582. The number of likely N-dealkylation sites (tertiary alicyclic amines) is 1. The number of hydrogen-bond donors (Lipinski definition) is 1. The van der Waals surface area contributed by atoms with E-state index in [0.717, 1.165) is 44.0 Å². The topological polar surface area (TPSA) is 75.5 Å². The number of nitrogens with zero attached hydrogens (tertiary/aromatic N) is 6. The zero-order valence-electron chi connectivity index (χ0n) is 12.8. The van der Waals surface area contributed by atoms with Gasteiger partial charge in [-0.2, -0.15) is 9.78 Å². The van der Waals surface area contributed by atoms with E-state index in [-0.39, 0.29) is 0 Å². The van der Waals surface area contributed by atoms with Crippen molar-refractivity contribution >= 4 is 0 Å². The third-order valence-corrected chi connectivity index (χ3v) is 4.45. The molecule has 0 saturated carbocycles. The third kappa shape index (κ3) is 3.00. The molecule has 1 aliphatic rings. The molecule has 7 nitrogen and oxygen atoms in total. The Morgan fingerprint density at radius 2 is 1.91 bits per heavy atom. The molecular weight excluding hydrogens is 290 g/mol. The van der Waals surface area contributed by atoms with Gasteiger partial charge in [0.2, 0.25) is 0 Å². The van der Waals surface area contributed by atoms with Crippen LogP contribution >= 0.6 is 0 Å². The summed E-state index contributed by atoms with van der Waals surface area (Å²) in [6.45, 7) is 2.87. The monoisotopic (exact) mass is 309 g/mol. The van der Waals surface area contributed by atoms with Gasteiger partial charge in [0.25, 0.3) is 0 Å². The van der Waals surface area contributed by atoms with E-state index in [1.807, 2.05) is 41.2 Å². The summed E-state index contributed by atoms with van der Waals surface area (Å²) in [6.07, 6.45) is 4.10. The Kier molecular flexibility index (Phi) is 3.85. The first-order valence-electron chi connectivity index (χ1n) is 7.94. The van der Waals surface area contributed by atoms with Gasteiger partial charge in [-0.25, -0.2) is 0 Å². The summed E-state index contributed by atoms with van der Waals surface area (Å²) in [4.78, 5) is 2.41. The van der Waals surface area contributed by atoms with E-state index in [1.54, 1.807) is 0 Å². The maximum Gasteiger partial charge on any atom is 0.170 e. The van der Waals surface area contributed by atoms with Gasteiger partial charge in [-0.05, 0) is 54.6 Å². The normalized spacial score (nSPS) is 16.7. The van der Waals surface area contributed by atoms with E-state index in [1.165, 1.54) is 5.69 Å². The second kappa shape index (κ2) is 6.29. The molecule has 1 N–H and O–H groups in total. The van der Waals surface area contributed by atoms with Crippen molar-refractivity contribution in [3.8, 4) is 5.69 Å². The lowest BCUT2D eigenvalue weighted by Crippen LogP contribution is -2.33. The molecular formula is C16H19N7. The van der Waals surface area contributed by atoms with Crippen molar-refractivity contribution in [1.82, 2.24) is 35.3 Å². The van der Waals surface area contributed by atoms with Gasteiger partial charge in [0.05, 0.1) is 12.2 Å². The molecule has 1 saturated heterocycles. The average Bonchev–Trinajstić information content (AvgIpc) is 3.28. The molecule has 1 fully saturated rings. The molecule has 3 heterocycles. The first-order valence-corrected chi connectivity index (χ1v) is 7.94. The van der Waals surface area contributed by atoms with Crippen molar-refractivity contribution in [3.05, 3.63) is 54.1 Å². The first-order chi connectivity index (χ1) is 11.4. The van der Waals surface area contributed by atoms with Crippen molar-refractivity contribution in [3.63, 3.8) is 0 Å². The highest BCUT2D eigenvalue weighted by Crippen LogP contribution is 2.26. The summed E-state index contributed by atoms with van der Waals surface area (Å²) >= 11 is 0. The van der Waals surface area contributed by atoms with Crippen LogP contribution in [-0.2, 0) is 6.54 Å². The van der Waals surface area contributed by atoms with E-state index in [2.05, 4.69) is 36.7 Å². The number of piperidine rings is 1. The highest BCUT2D eigenvalue weighted by Gasteiger charge is 2.23. The SMILES string of the molecule is c1ccc(-n2nnnc2CN2CCC(c3ccn[nH]3)CC2)cc1. The molecule has 0 radical (unpaired) electrons. The summed E-state index contributed by atoms with van der Waals surface area (Å²) < 4.78 is 1.82. The predicted molar refractivity (Wildman–Crippen MR) is 85.0 cm³/mol.